The van der Waals surface area contributed by atoms with Crippen molar-refractivity contribution >= 4 is 10.0 Å². The van der Waals surface area contributed by atoms with Crippen LogP contribution < -0.4 is 0 Å². The van der Waals surface area contributed by atoms with Crippen LogP contribution in [0.4, 0.5) is 0 Å². The van der Waals surface area contributed by atoms with Crippen LogP contribution in [0.3, 0.4) is 0 Å². The lowest BCUT2D eigenvalue weighted by Gasteiger charge is -2.34. The number of rotatable bonds is 4. The number of hydrogen-bond donors (Lipinski definition) is 0. The molecule has 0 saturated heterocycles. The first-order valence-corrected chi connectivity index (χ1v) is 8.97. The highest BCUT2D eigenvalue weighted by Crippen LogP contribution is 2.34. The van der Waals surface area contributed by atoms with Gasteiger partial charge in [-0.05, 0) is 36.6 Å². The molecule has 1 aromatic heterocycles. The largest absolute Gasteiger partial charge is 0.383 e. The first-order valence-electron chi connectivity index (χ1n) is 7.53. The fourth-order valence-electron chi connectivity index (χ4n) is 3.16. The van der Waals surface area contributed by atoms with Crippen LogP contribution in [-0.4, -0.2) is 42.8 Å². The van der Waals surface area contributed by atoms with Crippen molar-refractivity contribution < 1.29 is 13.2 Å². The van der Waals surface area contributed by atoms with E-state index in [0.717, 1.165) is 16.8 Å². The third kappa shape index (κ3) is 2.80. The van der Waals surface area contributed by atoms with Crippen molar-refractivity contribution in [3.63, 3.8) is 0 Å². The summed E-state index contributed by atoms with van der Waals surface area (Å²) in [4.78, 5) is 0.323. The van der Waals surface area contributed by atoms with Crippen molar-refractivity contribution in [2.24, 2.45) is 7.05 Å². The van der Waals surface area contributed by atoms with Gasteiger partial charge >= 0.3 is 0 Å². The highest BCUT2D eigenvalue weighted by atomic mass is 32.2. The molecule has 0 spiro atoms. The molecule has 0 N–H and O–H groups in total. The molecule has 1 aliphatic heterocycles. The monoisotopic (exact) mass is 335 g/mol. The minimum Gasteiger partial charge on any atom is -0.383 e. The Kier molecular flexibility index (Phi) is 4.27. The highest BCUT2D eigenvalue weighted by molar-refractivity contribution is 7.89. The molecule has 2 heterocycles. The number of hydrogen-bond acceptors (Lipinski definition) is 4. The molecule has 0 unspecified atom stereocenters. The predicted molar refractivity (Wildman–Crippen MR) is 86.6 cm³/mol. The smallest absolute Gasteiger partial charge is 0.243 e. The number of nitrogens with zero attached hydrogens (tertiary/aromatic N) is 3. The summed E-state index contributed by atoms with van der Waals surface area (Å²) in [5.74, 6) is 0. The van der Waals surface area contributed by atoms with Crippen molar-refractivity contribution in [1.29, 1.82) is 0 Å². The Morgan fingerprint density at radius 2 is 2.17 bits per heavy atom. The van der Waals surface area contributed by atoms with E-state index in [1.165, 1.54) is 4.31 Å². The maximum atomic E-state index is 13.1. The van der Waals surface area contributed by atoms with Gasteiger partial charge in [-0.15, -0.1) is 0 Å². The van der Waals surface area contributed by atoms with E-state index >= 15 is 0 Å². The number of benzene rings is 1. The number of fused-ring (bicyclic) bond motifs is 1. The Labute approximate surface area is 136 Å². The van der Waals surface area contributed by atoms with Gasteiger partial charge < -0.3 is 4.74 Å². The summed E-state index contributed by atoms with van der Waals surface area (Å²) in [6, 6.07) is 6.65. The maximum absolute atomic E-state index is 13.1. The second kappa shape index (κ2) is 6.07. The number of sulfonamides is 1. The van der Waals surface area contributed by atoms with Crippen molar-refractivity contribution in [3.8, 4) is 0 Å². The zero-order chi connectivity index (χ0) is 16.6. The second-order valence-electron chi connectivity index (χ2n) is 5.83. The SMILES string of the molecule is COC[C@@H]1c2c(cnn2C)CCN1S(=O)(=O)c1cccc(C)c1. The van der Waals surface area contributed by atoms with Crippen molar-refractivity contribution in [1.82, 2.24) is 14.1 Å². The average molecular weight is 335 g/mol. The lowest BCUT2D eigenvalue weighted by molar-refractivity contribution is 0.124. The topological polar surface area (TPSA) is 64.4 Å². The highest BCUT2D eigenvalue weighted by Gasteiger charge is 2.38. The lowest BCUT2D eigenvalue weighted by atomic mass is 10.0. The van der Waals surface area contributed by atoms with Crippen LogP contribution in [0.25, 0.3) is 0 Å². The van der Waals surface area contributed by atoms with Crippen molar-refractivity contribution in [2.45, 2.75) is 24.3 Å². The standard InChI is InChI=1S/C16H21N3O3S/c1-12-5-4-6-14(9-12)23(20,21)19-8-7-13-10-17-18(2)16(13)15(19)11-22-3/h4-6,9-10,15H,7-8,11H2,1-3H3/t15-/m1/s1. The molecule has 0 aliphatic carbocycles. The summed E-state index contributed by atoms with van der Waals surface area (Å²) in [6.07, 6.45) is 2.48. The number of methoxy groups -OCH3 is 1. The Morgan fingerprint density at radius 3 is 2.87 bits per heavy atom. The summed E-state index contributed by atoms with van der Waals surface area (Å²) >= 11 is 0. The number of aromatic nitrogens is 2. The first-order chi connectivity index (χ1) is 10.9. The summed E-state index contributed by atoms with van der Waals surface area (Å²) in [7, 11) is -0.158. The zero-order valence-corrected chi connectivity index (χ0v) is 14.4. The molecule has 0 fully saturated rings. The third-order valence-electron chi connectivity index (χ3n) is 4.25. The molecule has 3 rings (SSSR count). The van der Waals surface area contributed by atoms with Crippen molar-refractivity contribution in [3.05, 3.63) is 47.3 Å². The van der Waals surface area contributed by atoms with Crippen LogP contribution in [0.1, 0.15) is 22.9 Å². The molecule has 1 aliphatic rings. The van der Waals surface area contributed by atoms with Crippen LogP contribution in [0.5, 0.6) is 0 Å². The van der Waals surface area contributed by atoms with Crippen LogP contribution >= 0.6 is 0 Å². The molecule has 7 heteroatoms. The zero-order valence-electron chi connectivity index (χ0n) is 13.6. The van der Waals surface area contributed by atoms with Gasteiger partial charge in [0, 0.05) is 20.7 Å². The van der Waals surface area contributed by atoms with E-state index in [9.17, 15) is 8.42 Å². The number of aryl methyl sites for hydroxylation is 2. The van der Waals surface area contributed by atoms with E-state index in [4.69, 9.17) is 4.74 Å². The number of ether oxygens (including phenoxy) is 1. The van der Waals surface area contributed by atoms with Gasteiger partial charge in [0.1, 0.15) is 0 Å². The molecule has 23 heavy (non-hydrogen) atoms. The van der Waals surface area contributed by atoms with Crippen LogP contribution in [0.15, 0.2) is 35.4 Å². The molecule has 1 aromatic carbocycles. The molecule has 1 atom stereocenters. The summed E-state index contributed by atoms with van der Waals surface area (Å²) in [5, 5.41) is 4.27. The fraction of sp³-hybridized carbons (Fsp3) is 0.438. The summed E-state index contributed by atoms with van der Waals surface area (Å²) in [6.45, 7) is 2.63. The van der Waals surface area contributed by atoms with Gasteiger partial charge in [-0.2, -0.15) is 9.40 Å². The van der Waals surface area contributed by atoms with Crippen LogP contribution in [0, 0.1) is 6.92 Å². The summed E-state index contributed by atoms with van der Waals surface area (Å²) in [5.41, 5.74) is 2.92. The van der Waals surface area contributed by atoms with Gasteiger partial charge in [-0.1, -0.05) is 12.1 Å². The minimum absolute atomic E-state index is 0.303. The van der Waals surface area contributed by atoms with E-state index in [0.29, 0.717) is 24.5 Å². The van der Waals surface area contributed by atoms with Gasteiger partial charge in [0.15, 0.2) is 0 Å². The summed E-state index contributed by atoms with van der Waals surface area (Å²) < 4.78 is 34.8. The van der Waals surface area contributed by atoms with Gasteiger partial charge in [-0.3, -0.25) is 4.68 Å². The van der Waals surface area contributed by atoms with Gasteiger partial charge in [0.05, 0.1) is 29.4 Å². The lowest BCUT2D eigenvalue weighted by Crippen LogP contribution is -2.42. The van der Waals surface area contributed by atoms with Gasteiger partial charge in [0.25, 0.3) is 0 Å². The Morgan fingerprint density at radius 1 is 1.39 bits per heavy atom. The van der Waals surface area contributed by atoms with Crippen LogP contribution in [-0.2, 0) is 28.2 Å². The van der Waals surface area contributed by atoms with E-state index in [1.807, 2.05) is 26.2 Å². The molecular formula is C16H21N3O3S. The molecular weight excluding hydrogens is 314 g/mol. The molecule has 0 amide bonds. The molecule has 6 nitrogen and oxygen atoms in total. The van der Waals surface area contributed by atoms with Crippen LogP contribution in [0.2, 0.25) is 0 Å². The van der Waals surface area contributed by atoms with E-state index in [2.05, 4.69) is 5.10 Å². The Balaban J connectivity index is 2.06. The van der Waals surface area contributed by atoms with E-state index in [-0.39, 0.29) is 6.04 Å². The van der Waals surface area contributed by atoms with E-state index < -0.39 is 10.0 Å². The van der Waals surface area contributed by atoms with E-state index in [1.54, 1.807) is 30.0 Å². The molecule has 0 bridgehead atoms. The molecule has 0 saturated carbocycles. The fourth-order valence-corrected chi connectivity index (χ4v) is 4.84. The van der Waals surface area contributed by atoms with Crippen molar-refractivity contribution in [2.75, 3.05) is 20.3 Å². The minimum atomic E-state index is -3.58. The Bertz CT molecular complexity index is 814. The quantitative estimate of drug-likeness (QED) is 0.852. The Hall–Kier alpha value is -1.70. The molecule has 124 valence electrons. The average Bonchev–Trinajstić information content (AvgIpc) is 2.89. The first kappa shape index (κ1) is 16.2. The molecule has 0 radical (unpaired) electrons. The van der Waals surface area contributed by atoms with Gasteiger partial charge in [0.2, 0.25) is 10.0 Å². The van der Waals surface area contributed by atoms with Gasteiger partial charge in [-0.25, -0.2) is 8.42 Å². The molecule has 2 aromatic rings. The normalized spacial score (nSPS) is 18.8. The maximum Gasteiger partial charge on any atom is 0.243 e. The third-order valence-corrected chi connectivity index (χ3v) is 6.15. The second-order valence-corrected chi connectivity index (χ2v) is 7.72. The predicted octanol–water partition coefficient (Wildman–Crippen LogP) is 1.66.